The molecule has 3 unspecified atom stereocenters. The van der Waals surface area contributed by atoms with Crippen LogP contribution in [0.15, 0.2) is 22.7 Å². The fourth-order valence-electron chi connectivity index (χ4n) is 4.23. The Morgan fingerprint density at radius 2 is 2.22 bits per heavy atom. The molecule has 1 aliphatic heterocycles. The standard InChI is InChI=1S/C17H16BrN3O2/c18-10-2-3-11-8(5-10)1-4-12-15(11)20-16(19-12)14-7-9-6-13(9)21(14)17(22)23/h2-3,5,9,13-14H,1,4,6-7H2,(H,19,20)(H,22,23). The molecule has 5 rings (SSSR count). The number of piperidine rings is 1. The van der Waals surface area contributed by atoms with Crippen LogP contribution in [0.2, 0.25) is 0 Å². The van der Waals surface area contributed by atoms with Gasteiger partial charge in [0, 0.05) is 16.1 Å². The van der Waals surface area contributed by atoms with Gasteiger partial charge < -0.3 is 10.1 Å². The Bertz CT molecular complexity index is 831. The van der Waals surface area contributed by atoms with Crippen LogP contribution in [0.5, 0.6) is 0 Å². The van der Waals surface area contributed by atoms with Crippen molar-refractivity contribution in [1.29, 1.82) is 0 Å². The van der Waals surface area contributed by atoms with Crippen molar-refractivity contribution >= 4 is 22.0 Å². The van der Waals surface area contributed by atoms with E-state index >= 15 is 0 Å². The molecule has 0 radical (unpaired) electrons. The maximum atomic E-state index is 11.6. The molecule has 118 valence electrons. The first kappa shape index (κ1) is 13.6. The lowest BCUT2D eigenvalue weighted by molar-refractivity contribution is 0.128. The second-order valence-electron chi connectivity index (χ2n) is 6.75. The highest BCUT2D eigenvalue weighted by atomic mass is 79.9. The second-order valence-corrected chi connectivity index (χ2v) is 7.67. The van der Waals surface area contributed by atoms with Crippen molar-refractivity contribution in [2.45, 2.75) is 37.8 Å². The molecule has 2 aromatic rings. The van der Waals surface area contributed by atoms with Gasteiger partial charge in [0.05, 0.1) is 17.4 Å². The number of imidazole rings is 1. The predicted octanol–water partition coefficient (Wildman–Crippen LogP) is 3.75. The van der Waals surface area contributed by atoms with E-state index in [-0.39, 0.29) is 12.1 Å². The number of fused-ring (bicyclic) bond motifs is 4. The number of H-pyrrole nitrogens is 1. The summed E-state index contributed by atoms with van der Waals surface area (Å²) in [6.07, 6.45) is 2.97. The summed E-state index contributed by atoms with van der Waals surface area (Å²) in [5.74, 6) is 1.35. The van der Waals surface area contributed by atoms with Crippen molar-refractivity contribution in [3.05, 3.63) is 39.8 Å². The molecule has 0 bridgehead atoms. The van der Waals surface area contributed by atoms with Crippen LogP contribution in [0.3, 0.4) is 0 Å². The lowest BCUT2D eigenvalue weighted by Gasteiger charge is -2.22. The predicted molar refractivity (Wildman–Crippen MR) is 88.2 cm³/mol. The van der Waals surface area contributed by atoms with Gasteiger partial charge in [-0.25, -0.2) is 9.78 Å². The zero-order valence-corrected chi connectivity index (χ0v) is 14.0. The Morgan fingerprint density at radius 1 is 1.35 bits per heavy atom. The van der Waals surface area contributed by atoms with Crippen molar-refractivity contribution in [1.82, 2.24) is 14.9 Å². The van der Waals surface area contributed by atoms with E-state index in [1.807, 2.05) is 6.07 Å². The van der Waals surface area contributed by atoms with Crippen LogP contribution < -0.4 is 0 Å². The van der Waals surface area contributed by atoms with Crippen molar-refractivity contribution < 1.29 is 9.90 Å². The highest BCUT2D eigenvalue weighted by Gasteiger charge is 2.55. The maximum Gasteiger partial charge on any atom is 0.408 e. The first-order valence-electron chi connectivity index (χ1n) is 8.00. The molecule has 3 aliphatic rings. The number of aromatic amines is 1. The van der Waals surface area contributed by atoms with Crippen molar-refractivity contribution in [3.8, 4) is 11.3 Å². The van der Waals surface area contributed by atoms with E-state index in [9.17, 15) is 9.90 Å². The number of hydrogen-bond acceptors (Lipinski definition) is 2. The monoisotopic (exact) mass is 373 g/mol. The van der Waals surface area contributed by atoms with Gasteiger partial charge in [0.1, 0.15) is 5.82 Å². The highest BCUT2D eigenvalue weighted by Crippen LogP contribution is 2.53. The molecule has 1 aromatic heterocycles. The normalized spacial score (nSPS) is 27.3. The van der Waals surface area contributed by atoms with Crippen LogP contribution in [0.25, 0.3) is 11.3 Å². The molecular formula is C17H16BrN3O2. The summed E-state index contributed by atoms with van der Waals surface area (Å²) in [5.41, 5.74) is 4.64. The van der Waals surface area contributed by atoms with E-state index in [2.05, 4.69) is 33.0 Å². The Morgan fingerprint density at radius 3 is 3.04 bits per heavy atom. The molecule has 3 atom stereocenters. The lowest BCUT2D eigenvalue weighted by atomic mass is 9.92. The smallest absolute Gasteiger partial charge is 0.408 e. The molecule has 2 fully saturated rings. The number of carbonyl (C=O) groups is 1. The quantitative estimate of drug-likeness (QED) is 0.799. The average molecular weight is 374 g/mol. The first-order chi connectivity index (χ1) is 11.1. The molecule has 5 nitrogen and oxygen atoms in total. The van der Waals surface area contributed by atoms with Gasteiger partial charge in [-0.2, -0.15) is 0 Å². The third kappa shape index (κ3) is 1.97. The van der Waals surface area contributed by atoms with Crippen LogP contribution >= 0.6 is 15.9 Å². The molecule has 1 aromatic carbocycles. The molecule has 2 aliphatic carbocycles. The number of halogens is 1. The van der Waals surface area contributed by atoms with Gasteiger partial charge in [-0.15, -0.1) is 0 Å². The number of aromatic nitrogens is 2. The molecule has 2 N–H and O–H groups in total. The summed E-state index contributed by atoms with van der Waals surface area (Å²) >= 11 is 3.53. The minimum atomic E-state index is -0.821. The molecule has 2 heterocycles. The number of amides is 1. The van der Waals surface area contributed by atoms with Crippen LogP contribution in [-0.2, 0) is 12.8 Å². The zero-order valence-electron chi connectivity index (χ0n) is 12.4. The second kappa shape index (κ2) is 4.60. The number of benzene rings is 1. The molecule has 1 saturated carbocycles. The molecule has 0 spiro atoms. The Balaban J connectivity index is 1.56. The Labute approximate surface area is 141 Å². The molecule has 1 amide bonds. The Kier molecular flexibility index (Phi) is 2.72. The fraction of sp³-hybridized carbons (Fsp3) is 0.412. The van der Waals surface area contributed by atoms with E-state index < -0.39 is 6.09 Å². The number of nitrogens with zero attached hydrogens (tertiary/aromatic N) is 2. The number of aryl methyl sites for hydroxylation is 2. The van der Waals surface area contributed by atoms with Gasteiger partial charge in [-0.1, -0.05) is 22.0 Å². The van der Waals surface area contributed by atoms with Crippen molar-refractivity contribution in [2.75, 3.05) is 0 Å². The number of carboxylic acid groups (broad SMARTS) is 1. The van der Waals surface area contributed by atoms with Gasteiger partial charge in [0.15, 0.2) is 0 Å². The lowest BCUT2D eigenvalue weighted by Crippen LogP contribution is -2.32. The van der Waals surface area contributed by atoms with Crippen LogP contribution in [-0.4, -0.2) is 32.1 Å². The van der Waals surface area contributed by atoms with E-state index in [0.717, 1.165) is 47.4 Å². The maximum absolute atomic E-state index is 11.6. The third-order valence-electron chi connectivity index (χ3n) is 5.41. The summed E-state index contributed by atoms with van der Waals surface area (Å²) in [6, 6.07) is 6.42. The van der Waals surface area contributed by atoms with Crippen molar-refractivity contribution in [2.24, 2.45) is 5.92 Å². The topological polar surface area (TPSA) is 69.2 Å². The molecule has 6 heteroatoms. The van der Waals surface area contributed by atoms with Gasteiger partial charge >= 0.3 is 6.09 Å². The zero-order chi connectivity index (χ0) is 15.7. The summed E-state index contributed by atoms with van der Waals surface area (Å²) in [5, 5.41) is 9.51. The van der Waals surface area contributed by atoms with Gasteiger partial charge in [0.2, 0.25) is 0 Å². The van der Waals surface area contributed by atoms with Crippen LogP contribution in [0.1, 0.15) is 36.0 Å². The SMILES string of the molecule is O=C(O)N1C(c2nc3c([nH]2)-c2ccc(Br)cc2CC3)CC2CC21. The molecule has 1 saturated heterocycles. The number of nitrogens with one attached hydrogen (secondary N) is 1. The van der Waals surface area contributed by atoms with E-state index in [1.54, 1.807) is 4.90 Å². The number of likely N-dealkylation sites (tertiary alicyclic amines) is 1. The number of hydrogen-bond donors (Lipinski definition) is 2. The van der Waals surface area contributed by atoms with Crippen molar-refractivity contribution in [3.63, 3.8) is 0 Å². The molecule has 23 heavy (non-hydrogen) atoms. The fourth-order valence-corrected chi connectivity index (χ4v) is 4.64. The Hall–Kier alpha value is -1.82. The van der Waals surface area contributed by atoms with Crippen LogP contribution in [0, 0.1) is 5.92 Å². The van der Waals surface area contributed by atoms with Crippen LogP contribution in [0.4, 0.5) is 4.79 Å². The van der Waals surface area contributed by atoms with E-state index in [1.165, 1.54) is 11.1 Å². The van der Waals surface area contributed by atoms with Gasteiger partial charge in [-0.3, -0.25) is 4.90 Å². The summed E-state index contributed by atoms with van der Waals surface area (Å²) in [4.78, 5) is 21.4. The largest absolute Gasteiger partial charge is 0.465 e. The minimum Gasteiger partial charge on any atom is -0.465 e. The average Bonchev–Trinajstić information content (AvgIpc) is 2.98. The minimum absolute atomic E-state index is 0.110. The first-order valence-corrected chi connectivity index (χ1v) is 8.80. The highest BCUT2D eigenvalue weighted by molar-refractivity contribution is 9.10. The third-order valence-corrected chi connectivity index (χ3v) is 5.90. The number of rotatable bonds is 1. The summed E-state index contributed by atoms with van der Waals surface area (Å²) in [7, 11) is 0. The molecular weight excluding hydrogens is 358 g/mol. The van der Waals surface area contributed by atoms with Gasteiger partial charge in [0.25, 0.3) is 0 Å². The summed E-state index contributed by atoms with van der Waals surface area (Å²) in [6.45, 7) is 0. The summed E-state index contributed by atoms with van der Waals surface area (Å²) < 4.78 is 1.09. The van der Waals surface area contributed by atoms with E-state index in [4.69, 9.17) is 4.98 Å². The van der Waals surface area contributed by atoms with Gasteiger partial charge in [-0.05, 0) is 49.3 Å². The van der Waals surface area contributed by atoms with E-state index in [0.29, 0.717) is 5.92 Å².